The Balaban J connectivity index is 5.81. The van der Waals surface area contributed by atoms with Crippen molar-refractivity contribution in [2.24, 2.45) is 0 Å². The number of hydrogen-bond acceptors (Lipinski definition) is 6. The summed E-state index contributed by atoms with van der Waals surface area (Å²) in [7, 11) is 0. The maximum absolute atomic E-state index is 10.6. The number of aliphatic hydroxyl groups is 5. The molecule has 5 atom stereocenters. The first-order valence-electron chi connectivity index (χ1n) is 5.72. The second-order valence-electron chi connectivity index (χ2n) is 1.66. The van der Waals surface area contributed by atoms with Gasteiger partial charge in [0.2, 0.25) is 0 Å². The maximum Gasteiger partial charge on any atom is 0.151 e. The van der Waals surface area contributed by atoms with Gasteiger partial charge in [0, 0.05) is 0 Å². The molecule has 0 aromatic rings. The highest BCUT2D eigenvalue weighted by molar-refractivity contribution is 5.56. The normalized spacial score (nSPS) is 41.4. The zero-order chi connectivity index (χ0) is 15.2. The summed E-state index contributed by atoms with van der Waals surface area (Å²) in [5, 5.41) is 45.5. The molecule has 0 fully saturated rings. The van der Waals surface area contributed by atoms with Crippen LogP contribution in [0.2, 0.25) is 0 Å². The smallest absolute Gasteiger partial charge is 0.151 e. The van der Waals surface area contributed by atoms with Crippen molar-refractivity contribution in [1.82, 2.24) is 0 Å². The topological polar surface area (TPSA) is 118 Å². The SMILES string of the molecule is [2H]C(=O)[C@]([2H])(O)[C@@]([2H])(O)[C@@]([2H])(O)[C@]([2H])(O)C([2H])O. The van der Waals surface area contributed by atoms with Gasteiger partial charge in [-0.1, -0.05) is 0 Å². The largest absolute Gasteiger partial charge is 0.394 e. The highest BCUT2D eigenvalue weighted by atomic mass is 16.4. The Labute approximate surface area is 77.1 Å². The predicted molar refractivity (Wildman–Crippen MR) is 37.2 cm³/mol. The predicted octanol–water partition coefficient (Wildman–Crippen LogP) is -3.38. The zero-order valence-corrected chi connectivity index (χ0v) is 5.72. The Hall–Kier alpha value is -0.530. The van der Waals surface area contributed by atoms with E-state index in [1.165, 1.54) is 0 Å². The highest BCUT2D eigenvalue weighted by Crippen LogP contribution is 2.02. The van der Waals surface area contributed by atoms with Crippen LogP contribution in [0.5, 0.6) is 0 Å². The van der Waals surface area contributed by atoms with E-state index in [-0.39, 0.29) is 0 Å². The van der Waals surface area contributed by atoms with Crippen LogP contribution in [-0.2, 0) is 4.79 Å². The molecule has 0 aliphatic rings. The van der Waals surface area contributed by atoms with Crippen LogP contribution in [0.25, 0.3) is 0 Å². The molecule has 0 aromatic carbocycles. The second-order valence-corrected chi connectivity index (χ2v) is 1.66. The third-order valence-corrected chi connectivity index (χ3v) is 0.910. The van der Waals surface area contributed by atoms with Crippen molar-refractivity contribution >= 4 is 6.26 Å². The number of carbonyl (C=O) groups is 1. The number of aliphatic hydroxyl groups excluding tert-OH is 1. The van der Waals surface area contributed by atoms with E-state index < -0.39 is 37.2 Å². The van der Waals surface area contributed by atoms with Crippen LogP contribution in [0.15, 0.2) is 0 Å². The Morgan fingerprint density at radius 2 is 1.92 bits per heavy atom. The van der Waals surface area contributed by atoms with Gasteiger partial charge in [0.25, 0.3) is 0 Å². The maximum atomic E-state index is 10.6. The molecule has 72 valence electrons. The summed E-state index contributed by atoms with van der Waals surface area (Å²) in [6, 6.07) is 0. The van der Waals surface area contributed by atoms with Gasteiger partial charge in [-0.2, -0.15) is 0 Å². The van der Waals surface area contributed by atoms with Crippen LogP contribution < -0.4 is 0 Å². The van der Waals surface area contributed by atoms with E-state index in [4.69, 9.17) is 23.5 Å². The Bertz CT molecular complexity index is 339. The first-order valence-corrected chi connectivity index (χ1v) is 2.65. The molecule has 0 spiro atoms. The molecule has 0 rings (SSSR count). The standard InChI is InChI=1S/C6H12O6/c7-1-3(9)5(11)6(12)4(10)2-8/h1,3-6,8-12H,2H2/t3-,4+,5+,6-/m0/s1/i1D,2D,3D,4D,5D,6D/t2?,3-,4+,5+,6-. The van der Waals surface area contributed by atoms with Crippen molar-refractivity contribution in [1.29, 1.82) is 0 Å². The molecule has 5 N–H and O–H groups in total. The molecule has 6 nitrogen and oxygen atoms in total. The molecule has 0 radical (unpaired) electrons. The van der Waals surface area contributed by atoms with Crippen LogP contribution in [0.1, 0.15) is 8.22 Å². The average Bonchev–Trinajstić information content (AvgIpc) is 2.15. The van der Waals surface area contributed by atoms with E-state index in [2.05, 4.69) is 0 Å². The summed E-state index contributed by atoms with van der Waals surface area (Å²) in [6.07, 6.45) is -18.9. The molecule has 1 unspecified atom stereocenters. The molecular weight excluding hydrogens is 168 g/mol. The molecule has 6 heteroatoms. The minimum atomic E-state index is -4.28. The molecule has 0 bridgehead atoms. The van der Waals surface area contributed by atoms with Crippen LogP contribution in [0.3, 0.4) is 0 Å². The number of aldehydes is 1. The Morgan fingerprint density at radius 3 is 2.25 bits per heavy atom. The molecule has 0 aromatic heterocycles. The van der Waals surface area contributed by atoms with E-state index >= 15 is 0 Å². The average molecular weight is 186 g/mol. The highest BCUT2D eigenvalue weighted by Gasteiger charge is 2.29. The van der Waals surface area contributed by atoms with Crippen molar-refractivity contribution in [3.63, 3.8) is 0 Å². The van der Waals surface area contributed by atoms with E-state index in [1.54, 1.807) is 0 Å². The van der Waals surface area contributed by atoms with Crippen LogP contribution in [-0.4, -0.2) is 62.7 Å². The summed E-state index contributed by atoms with van der Waals surface area (Å²) in [5.41, 5.74) is 0. The molecule has 0 saturated carbocycles. The first-order chi connectivity index (χ1) is 7.64. The first kappa shape index (κ1) is 4.64. The van der Waals surface area contributed by atoms with Crippen LogP contribution in [0, 0.1) is 0 Å². The van der Waals surface area contributed by atoms with Gasteiger partial charge in [-0.3, -0.25) is 0 Å². The fourth-order valence-electron chi connectivity index (χ4n) is 0.343. The summed E-state index contributed by atoms with van der Waals surface area (Å²) in [4.78, 5) is 10.6. The minimum Gasteiger partial charge on any atom is -0.394 e. The van der Waals surface area contributed by atoms with Crippen LogP contribution >= 0.6 is 0 Å². The lowest BCUT2D eigenvalue weighted by molar-refractivity contribution is -0.136. The third kappa shape index (κ3) is 2.84. The molecule has 0 aliphatic heterocycles. The zero-order valence-electron chi connectivity index (χ0n) is 11.7. The van der Waals surface area contributed by atoms with Crippen molar-refractivity contribution in [3.05, 3.63) is 0 Å². The van der Waals surface area contributed by atoms with Crippen molar-refractivity contribution in [2.75, 3.05) is 6.58 Å². The lowest BCUT2D eigenvalue weighted by atomic mass is 10.0. The van der Waals surface area contributed by atoms with E-state index in [0.717, 1.165) is 0 Å². The summed E-state index contributed by atoms with van der Waals surface area (Å²) in [6.45, 7) is -2.92. The van der Waals surface area contributed by atoms with Crippen molar-refractivity contribution in [3.8, 4) is 0 Å². The Morgan fingerprint density at radius 1 is 1.42 bits per heavy atom. The van der Waals surface area contributed by atoms with Gasteiger partial charge in [0.05, 0.1) is 13.4 Å². The molecular formula is C6H12O6. The lowest BCUT2D eigenvalue weighted by Crippen LogP contribution is -2.46. The summed E-state index contributed by atoms with van der Waals surface area (Å²) >= 11 is 0. The molecule has 0 aliphatic carbocycles. The Kier molecular flexibility index (Phi) is 2.00. The number of hydrogen-bond donors (Lipinski definition) is 5. The molecule has 0 heterocycles. The summed E-state index contributed by atoms with van der Waals surface area (Å²) < 4.78 is 40.7. The third-order valence-electron chi connectivity index (χ3n) is 0.910. The van der Waals surface area contributed by atoms with Gasteiger partial charge in [-0.15, -0.1) is 0 Å². The van der Waals surface area contributed by atoms with E-state index in [9.17, 15) is 15.0 Å². The minimum absolute atomic E-state index is 2.30. The van der Waals surface area contributed by atoms with E-state index in [1.807, 2.05) is 0 Å². The van der Waals surface area contributed by atoms with Gasteiger partial charge in [0.15, 0.2) is 6.26 Å². The monoisotopic (exact) mass is 186 g/mol. The van der Waals surface area contributed by atoms with Crippen molar-refractivity contribution < 1.29 is 38.6 Å². The molecule has 12 heavy (non-hydrogen) atoms. The number of rotatable bonds is 5. The van der Waals surface area contributed by atoms with Crippen molar-refractivity contribution in [2.45, 2.75) is 24.3 Å². The molecule has 0 saturated heterocycles. The number of carbonyl (C=O) groups excluding carboxylic acids is 1. The van der Waals surface area contributed by atoms with Gasteiger partial charge >= 0.3 is 0 Å². The fourth-order valence-corrected chi connectivity index (χ4v) is 0.343. The van der Waals surface area contributed by atoms with Gasteiger partial charge in [-0.05, 0) is 0 Å². The van der Waals surface area contributed by atoms with Crippen LogP contribution in [0.4, 0.5) is 0 Å². The van der Waals surface area contributed by atoms with Gasteiger partial charge in [0.1, 0.15) is 25.7 Å². The summed E-state index contributed by atoms with van der Waals surface area (Å²) in [5.74, 6) is 0. The van der Waals surface area contributed by atoms with E-state index in [0.29, 0.717) is 0 Å². The quantitative estimate of drug-likeness (QED) is 0.286. The van der Waals surface area contributed by atoms with Gasteiger partial charge in [-0.25, -0.2) is 0 Å². The second kappa shape index (κ2) is 5.18. The lowest BCUT2D eigenvalue weighted by Gasteiger charge is -2.22. The fraction of sp³-hybridized carbons (Fsp3) is 0.833. The molecule has 0 amide bonds. The van der Waals surface area contributed by atoms with Gasteiger partial charge < -0.3 is 30.3 Å².